The van der Waals surface area contributed by atoms with Gasteiger partial charge in [0, 0.05) is 0 Å². The summed E-state index contributed by atoms with van der Waals surface area (Å²) in [5, 5.41) is 11.1. The fraction of sp³-hybridized carbons (Fsp3) is 0.150. The standard InChI is InChI=1S/C20H18N2O5/c1-13-3-2-4-15(9-13)12-27-16-7-5-14(6-8-16)10-17-19(25)22(11-18(23)24)20(26)21-17/h2-10H,11-12H2,1H3,(H,21,26)(H,23,24)/b17-10+. The SMILES string of the molecule is Cc1cccc(COc2ccc(/C=C3/NC(=O)N(CC(=O)O)C3=O)cc2)c1. The van der Waals surface area contributed by atoms with Crippen LogP contribution in [0.25, 0.3) is 6.08 Å². The molecule has 1 aliphatic heterocycles. The molecule has 0 radical (unpaired) electrons. The van der Waals surface area contributed by atoms with Gasteiger partial charge in [-0.05, 0) is 36.3 Å². The molecule has 0 aliphatic carbocycles. The molecule has 0 unspecified atom stereocenters. The highest BCUT2D eigenvalue weighted by molar-refractivity contribution is 6.15. The Labute approximate surface area is 155 Å². The second-order valence-corrected chi connectivity index (χ2v) is 6.12. The molecule has 0 saturated carbocycles. The number of nitrogens with one attached hydrogen (secondary N) is 1. The van der Waals surface area contributed by atoms with Gasteiger partial charge in [-0.1, -0.05) is 42.0 Å². The smallest absolute Gasteiger partial charge is 0.329 e. The number of hydrogen-bond acceptors (Lipinski definition) is 4. The summed E-state index contributed by atoms with van der Waals surface area (Å²) in [7, 11) is 0. The second-order valence-electron chi connectivity index (χ2n) is 6.12. The molecule has 1 aliphatic rings. The van der Waals surface area contributed by atoms with Crippen molar-refractivity contribution in [3.05, 3.63) is 70.9 Å². The average Bonchev–Trinajstić information content (AvgIpc) is 2.88. The van der Waals surface area contributed by atoms with Crippen LogP contribution in [-0.2, 0) is 16.2 Å². The normalized spacial score (nSPS) is 15.1. The molecular weight excluding hydrogens is 348 g/mol. The molecule has 0 atom stereocenters. The van der Waals surface area contributed by atoms with Gasteiger partial charge in [-0.25, -0.2) is 9.69 Å². The van der Waals surface area contributed by atoms with E-state index in [0.717, 1.165) is 5.56 Å². The largest absolute Gasteiger partial charge is 0.489 e. The van der Waals surface area contributed by atoms with Gasteiger partial charge in [0.15, 0.2) is 0 Å². The van der Waals surface area contributed by atoms with E-state index in [1.54, 1.807) is 24.3 Å². The maximum atomic E-state index is 12.1. The van der Waals surface area contributed by atoms with Crippen molar-refractivity contribution in [3.63, 3.8) is 0 Å². The molecule has 2 N–H and O–H groups in total. The zero-order chi connectivity index (χ0) is 19.4. The molecule has 27 heavy (non-hydrogen) atoms. The van der Waals surface area contributed by atoms with Crippen LogP contribution in [0.1, 0.15) is 16.7 Å². The summed E-state index contributed by atoms with van der Waals surface area (Å²) >= 11 is 0. The van der Waals surface area contributed by atoms with Crippen molar-refractivity contribution in [2.45, 2.75) is 13.5 Å². The van der Waals surface area contributed by atoms with Crippen LogP contribution in [0.4, 0.5) is 4.79 Å². The lowest BCUT2D eigenvalue weighted by molar-refractivity contribution is -0.140. The Morgan fingerprint density at radius 2 is 1.93 bits per heavy atom. The highest BCUT2D eigenvalue weighted by Crippen LogP contribution is 2.18. The molecule has 7 nitrogen and oxygen atoms in total. The van der Waals surface area contributed by atoms with Crippen molar-refractivity contribution in [2.75, 3.05) is 6.54 Å². The first-order valence-corrected chi connectivity index (χ1v) is 8.27. The first-order chi connectivity index (χ1) is 12.9. The number of carboxylic acids is 1. The minimum absolute atomic E-state index is 0.0367. The monoisotopic (exact) mass is 366 g/mol. The topological polar surface area (TPSA) is 95.9 Å². The summed E-state index contributed by atoms with van der Waals surface area (Å²) in [4.78, 5) is 35.2. The number of hydrogen-bond donors (Lipinski definition) is 2. The van der Waals surface area contributed by atoms with Crippen molar-refractivity contribution in [3.8, 4) is 5.75 Å². The number of benzene rings is 2. The highest BCUT2D eigenvalue weighted by atomic mass is 16.5. The molecule has 0 bridgehead atoms. The van der Waals surface area contributed by atoms with Gasteiger partial charge in [-0.2, -0.15) is 0 Å². The van der Waals surface area contributed by atoms with Crippen molar-refractivity contribution >= 4 is 24.0 Å². The Bertz CT molecular complexity index is 918. The molecule has 2 aromatic carbocycles. The number of carbonyl (C=O) groups excluding carboxylic acids is 2. The van der Waals surface area contributed by atoms with E-state index in [9.17, 15) is 14.4 Å². The molecule has 1 fully saturated rings. The van der Waals surface area contributed by atoms with Crippen LogP contribution in [0.3, 0.4) is 0 Å². The third-order valence-electron chi connectivity index (χ3n) is 3.93. The van der Waals surface area contributed by atoms with Crippen LogP contribution in [0.2, 0.25) is 0 Å². The van der Waals surface area contributed by atoms with Crippen molar-refractivity contribution in [1.29, 1.82) is 0 Å². The number of nitrogens with zero attached hydrogens (tertiary/aromatic N) is 1. The van der Waals surface area contributed by atoms with E-state index >= 15 is 0 Å². The van der Waals surface area contributed by atoms with Gasteiger partial charge in [0.2, 0.25) is 0 Å². The Morgan fingerprint density at radius 1 is 1.19 bits per heavy atom. The number of amides is 3. The number of aryl methyl sites for hydroxylation is 1. The predicted molar refractivity (Wildman–Crippen MR) is 97.8 cm³/mol. The lowest BCUT2D eigenvalue weighted by Gasteiger charge is -2.07. The van der Waals surface area contributed by atoms with Gasteiger partial charge in [0.25, 0.3) is 5.91 Å². The summed E-state index contributed by atoms with van der Waals surface area (Å²) in [6, 6.07) is 14.3. The molecule has 7 heteroatoms. The molecule has 138 valence electrons. The van der Waals surface area contributed by atoms with E-state index < -0.39 is 24.5 Å². The van der Waals surface area contributed by atoms with E-state index in [-0.39, 0.29) is 5.70 Å². The zero-order valence-corrected chi connectivity index (χ0v) is 14.6. The van der Waals surface area contributed by atoms with Gasteiger partial charge >= 0.3 is 12.0 Å². The number of aliphatic carboxylic acids is 1. The molecule has 0 aromatic heterocycles. The van der Waals surface area contributed by atoms with Gasteiger partial charge in [0.05, 0.1) is 0 Å². The molecule has 3 amide bonds. The molecule has 2 aromatic rings. The summed E-state index contributed by atoms with van der Waals surface area (Å²) in [6.45, 7) is 1.79. The number of rotatable bonds is 6. The predicted octanol–water partition coefficient (Wildman–Crippen LogP) is 2.55. The quantitative estimate of drug-likeness (QED) is 0.605. The first kappa shape index (κ1) is 18.2. The van der Waals surface area contributed by atoms with Crippen LogP contribution < -0.4 is 10.1 Å². The van der Waals surface area contributed by atoms with Gasteiger partial charge in [0.1, 0.15) is 24.6 Å². The minimum Gasteiger partial charge on any atom is -0.489 e. The fourth-order valence-electron chi connectivity index (χ4n) is 2.65. The summed E-state index contributed by atoms with van der Waals surface area (Å²) < 4.78 is 5.74. The van der Waals surface area contributed by atoms with E-state index in [0.29, 0.717) is 22.8 Å². The molecule has 1 heterocycles. The summed E-state index contributed by atoms with van der Waals surface area (Å²) in [5.74, 6) is -1.25. The van der Waals surface area contributed by atoms with Gasteiger partial charge < -0.3 is 15.2 Å². The van der Waals surface area contributed by atoms with E-state index in [1.165, 1.54) is 11.6 Å². The average molecular weight is 366 g/mol. The molecular formula is C20H18N2O5. The maximum Gasteiger partial charge on any atom is 0.329 e. The Kier molecular flexibility index (Phi) is 5.21. The lowest BCUT2D eigenvalue weighted by atomic mass is 10.1. The van der Waals surface area contributed by atoms with Gasteiger partial charge in [-0.15, -0.1) is 0 Å². The zero-order valence-electron chi connectivity index (χ0n) is 14.6. The maximum absolute atomic E-state index is 12.1. The van der Waals surface area contributed by atoms with Crippen LogP contribution in [0.15, 0.2) is 54.2 Å². The third kappa shape index (κ3) is 4.52. The van der Waals surface area contributed by atoms with Crippen molar-refractivity contribution in [2.24, 2.45) is 0 Å². The Balaban J connectivity index is 1.65. The van der Waals surface area contributed by atoms with Crippen molar-refractivity contribution < 1.29 is 24.2 Å². The van der Waals surface area contributed by atoms with E-state index in [2.05, 4.69) is 11.4 Å². The van der Waals surface area contributed by atoms with Crippen LogP contribution in [0.5, 0.6) is 5.75 Å². The number of carbonyl (C=O) groups is 3. The second kappa shape index (κ2) is 7.74. The van der Waals surface area contributed by atoms with Gasteiger partial charge in [-0.3, -0.25) is 9.59 Å². The fourth-order valence-corrected chi connectivity index (χ4v) is 2.65. The minimum atomic E-state index is -1.25. The first-order valence-electron chi connectivity index (χ1n) is 8.27. The van der Waals surface area contributed by atoms with E-state index in [4.69, 9.17) is 9.84 Å². The molecule has 1 saturated heterocycles. The summed E-state index contributed by atoms with van der Waals surface area (Å²) in [5.41, 5.74) is 2.95. The summed E-state index contributed by atoms with van der Waals surface area (Å²) in [6.07, 6.45) is 1.49. The van der Waals surface area contributed by atoms with Crippen molar-refractivity contribution in [1.82, 2.24) is 10.2 Å². The van der Waals surface area contributed by atoms with Crippen LogP contribution in [0, 0.1) is 6.92 Å². The number of urea groups is 1. The molecule has 0 spiro atoms. The molecule has 3 rings (SSSR count). The third-order valence-corrected chi connectivity index (χ3v) is 3.93. The van der Waals surface area contributed by atoms with Crippen LogP contribution in [-0.4, -0.2) is 34.5 Å². The number of carboxylic acid groups (broad SMARTS) is 1. The van der Waals surface area contributed by atoms with Crippen LogP contribution >= 0.6 is 0 Å². The number of ether oxygens (including phenoxy) is 1. The Morgan fingerprint density at radius 3 is 2.59 bits per heavy atom. The lowest BCUT2D eigenvalue weighted by Crippen LogP contribution is -2.35. The highest BCUT2D eigenvalue weighted by Gasteiger charge is 2.34. The Hall–Kier alpha value is -3.61. The van der Waals surface area contributed by atoms with E-state index in [1.807, 2.05) is 25.1 Å². The number of imide groups is 1.